The van der Waals surface area contributed by atoms with Gasteiger partial charge in [-0.1, -0.05) is 47.0 Å². The monoisotopic (exact) mass is 323 g/mol. The quantitative estimate of drug-likeness (QED) is 0.856. The van der Waals surface area contributed by atoms with Gasteiger partial charge in [-0.25, -0.2) is 4.79 Å². The van der Waals surface area contributed by atoms with Crippen molar-refractivity contribution in [3.05, 3.63) is 63.6 Å². The van der Waals surface area contributed by atoms with E-state index in [1.54, 1.807) is 25.1 Å². The zero-order valence-corrected chi connectivity index (χ0v) is 13.2. The standard InChI is InChI=1S/C16H15Cl2NO2/c1-10-3-6-12(7-4-10)19-16(2,15(20)21)11-5-8-13(17)14(18)9-11/h3-9,19H,1-2H3,(H,20,21). The number of hydrogen-bond acceptors (Lipinski definition) is 2. The van der Waals surface area contributed by atoms with Gasteiger partial charge in [-0.3, -0.25) is 0 Å². The maximum Gasteiger partial charge on any atom is 0.333 e. The van der Waals surface area contributed by atoms with Crippen LogP contribution in [0.25, 0.3) is 0 Å². The van der Waals surface area contributed by atoms with Crippen molar-refractivity contribution in [3.63, 3.8) is 0 Å². The lowest BCUT2D eigenvalue weighted by molar-refractivity contribution is -0.142. The van der Waals surface area contributed by atoms with Crippen molar-refractivity contribution in [3.8, 4) is 0 Å². The molecule has 0 amide bonds. The molecule has 0 saturated carbocycles. The zero-order chi connectivity index (χ0) is 15.6. The average molecular weight is 324 g/mol. The highest BCUT2D eigenvalue weighted by molar-refractivity contribution is 6.42. The van der Waals surface area contributed by atoms with Crippen molar-refractivity contribution in [2.45, 2.75) is 19.4 Å². The molecule has 0 radical (unpaired) electrons. The molecule has 2 aromatic carbocycles. The summed E-state index contributed by atoms with van der Waals surface area (Å²) >= 11 is 11.9. The largest absolute Gasteiger partial charge is 0.479 e. The Labute approximate surface area is 133 Å². The lowest BCUT2D eigenvalue weighted by Crippen LogP contribution is -2.40. The molecule has 110 valence electrons. The van der Waals surface area contributed by atoms with Crippen LogP contribution in [0.1, 0.15) is 18.1 Å². The summed E-state index contributed by atoms with van der Waals surface area (Å²) in [5.41, 5.74) is 1.05. The summed E-state index contributed by atoms with van der Waals surface area (Å²) in [6.45, 7) is 3.56. The van der Waals surface area contributed by atoms with Crippen LogP contribution in [0.15, 0.2) is 42.5 Å². The number of hydrogen-bond donors (Lipinski definition) is 2. The Morgan fingerprint density at radius 1 is 1.10 bits per heavy atom. The molecule has 2 N–H and O–H groups in total. The first-order valence-corrected chi connectivity index (χ1v) is 7.12. The van der Waals surface area contributed by atoms with E-state index in [1.807, 2.05) is 31.2 Å². The number of carboxylic acids is 1. The second-order valence-corrected chi connectivity index (χ2v) is 5.86. The maximum atomic E-state index is 11.8. The Bertz CT molecular complexity index is 670. The van der Waals surface area contributed by atoms with Crippen LogP contribution in [-0.4, -0.2) is 11.1 Å². The number of rotatable bonds is 4. The molecule has 21 heavy (non-hydrogen) atoms. The molecule has 0 heterocycles. The van der Waals surface area contributed by atoms with Gasteiger partial charge in [0.25, 0.3) is 0 Å². The fourth-order valence-corrected chi connectivity index (χ4v) is 2.28. The first kappa shape index (κ1) is 15.7. The van der Waals surface area contributed by atoms with Gasteiger partial charge in [-0.15, -0.1) is 0 Å². The highest BCUT2D eigenvalue weighted by Gasteiger charge is 2.35. The van der Waals surface area contributed by atoms with Crippen molar-refractivity contribution < 1.29 is 9.90 Å². The smallest absolute Gasteiger partial charge is 0.333 e. The first-order chi connectivity index (χ1) is 9.83. The minimum absolute atomic E-state index is 0.326. The zero-order valence-electron chi connectivity index (χ0n) is 11.7. The second kappa shape index (κ2) is 5.96. The predicted octanol–water partition coefficient (Wildman–Crippen LogP) is 4.71. The van der Waals surface area contributed by atoms with Gasteiger partial charge in [0.2, 0.25) is 0 Å². The van der Waals surface area contributed by atoms with E-state index < -0.39 is 11.5 Å². The van der Waals surface area contributed by atoms with Crippen LogP contribution >= 0.6 is 23.2 Å². The van der Waals surface area contributed by atoms with Gasteiger partial charge in [-0.05, 0) is 43.7 Å². The Morgan fingerprint density at radius 3 is 2.24 bits per heavy atom. The summed E-state index contributed by atoms with van der Waals surface area (Å²) in [7, 11) is 0. The molecule has 0 aliphatic carbocycles. The van der Waals surface area contributed by atoms with Crippen LogP contribution in [0.4, 0.5) is 5.69 Å². The van der Waals surface area contributed by atoms with Gasteiger partial charge in [0, 0.05) is 5.69 Å². The van der Waals surface area contributed by atoms with Crippen molar-refractivity contribution in [2.75, 3.05) is 5.32 Å². The third kappa shape index (κ3) is 3.31. The molecule has 3 nitrogen and oxygen atoms in total. The number of nitrogens with one attached hydrogen (secondary N) is 1. The number of benzene rings is 2. The van der Waals surface area contributed by atoms with Gasteiger partial charge in [-0.2, -0.15) is 0 Å². The van der Waals surface area contributed by atoms with Gasteiger partial charge >= 0.3 is 5.97 Å². The molecular formula is C16H15Cl2NO2. The van der Waals surface area contributed by atoms with Crippen molar-refractivity contribution in [1.82, 2.24) is 0 Å². The highest BCUT2D eigenvalue weighted by atomic mass is 35.5. The van der Waals surface area contributed by atoms with Crippen molar-refractivity contribution in [1.29, 1.82) is 0 Å². The summed E-state index contributed by atoms with van der Waals surface area (Å²) in [4.78, 5) is 11.8. The molecule has 0 spiro atoms. The lowest BCUT2D eigenvalue weighted by atomic mass is 9.91. The molecule has 0 fully saturated rings. The molecule has 1 atom stereocenters. The van der Waals surface area contributed by atoms with Gasteiger partial charge in [0.05, 0.1) is 10.0 Å². The third-order valence-corrected chi connectivity index (χ3v) is 4.11. The molecule has 0 aliphatic rings. The topological polar surface area (TPSA) is 49.3 Å². The van der Waals surface area contributed by atoms with Crippen molar-refractivity contribution in [2.24, 2.45) is 0 Å². The van der Waals surface area contributed by atoms with Crippen LogP contribution in [0.2, 0.25) is 10.0 Å². The van der Waals surface area contributed by atoms with Gasteiger partial charge < -0.3 is 10.4 Å². The summed E-state index contributed by atoms with van der Waals surface area (Å²) < 4.78 is 0. The fourth-order valence-electron chi connectivity index (χ4n) is 1.98. The molecule has 2 aromatic rings. The number of carboxylic acid groups (broad SMARTS) is 1. The summed E-state index contributed by atoms with van der Waals surface area (Å²) in [5.74, 6) is -0.999. The van der Waals surface area contributed by atoms with E-state index in [4.69, 9.17) is 23.2 Å². The van der Waals surface area contributed by atoms with Crippen molar-refractivity contribution >= 4 is 34.9 Å². The van der Waals surface area contributed by atoms with Crippen LogP contribution in [0.3, 0.4) is 0 Å². The number of halogens is 2. The summed E-state index contributed by atoms with van der Waals surface area (Å²) in [6.07, 6.45) is 0. The number of carbonyl (C=O) groups is 1. The van der Waals surface area contributed by atoms with Crippen LogP contribution in [0.5, 0.6) is 0 Å². The molecule has 5 heteroatoms. The van der Waals surface area contributed by atoms with Gasteiger partial charge in [0.15, 0.2) is 5.54 Å². The van der Waals surface area contributed by atoms with Gasteiger partial charge in [0.1, 0.15) is 0 Å². The Morgan fingerprint density at radius 2 is 1.71 bits per heavy atom. The number of aliphatic carboxylic acids is 1. The van der Waals surface area contributed by atoms with E-state index in [1.165, 1.54) is 0 Å². The first-order valence-electron chi connectivity index (χ1n) is 6.37. The minimum atomic E-state index is -1.30. The molecule has 0 aromatic heterocycles. The molecule has 0 aliphatic heterocycles. The van der Waals surface area contributed by atoms with Crippen LogP contribution in [-0.2, 0) is 10.3 Å². The van der Waals surface area contributed by atoms with E-state index >= 15 is 0 Å². The molecule has 0 saturated heterocycles. The molecule has 1 unspecified atom stereocenters. The number of aryl methyl sites for hydroxylation is 1. The molecule has 0 bridgehead atoms. The third-order valence-electron chi connectivity index (χ3n) is 3.37. The lowest BCUT2D eigenvalue weighted by Gasteiger charge is -2.28. The second-order valence-electron chi connectivity index (χ2n) is 5.05. The predicted molar refractivity (Wildman–Crippen MR) is 86.3 cm³/mol. The summed E-state index contributed by atoms with van der Waals surface area (Å²) in [5, 5.41) is 13.4. The molecule has 2 rings (SSSR count). The normalized spacial score (nSPS) is 13.5. The maximum absolute atomic E-state index is 11.8. The van der Waals surface area contributed by atoms with E-state index in [9.17, 15) is 9.90 Å². The average Bonchev–Trinajstić information content (AvgIpc) is 2.44. The number of anilines is 1. The fraction of sp³-hybridized carbons (Fsp3) is 0.188. The van der Waals surface area contributed by atoms with E-state index in [0.717, 1.165) is 11.3 Å². The van der Waals surface area contributed by atoms with E-state index in [-0.39, 0.29) is 0 Å². The van der Waals surface area contributed by atoms with Crippen LogP contribution in [0, 0.1) is 6.92 Å². The minimum Gasteiger partial charge on any atom is -0.479 e. The molecular weight excluding hydrogens is 309 g/mol. The van der Waals surface area contributed by atoms with Crippen LogP contribution < -0.4 is 5.32 Å². The SMILES string of the molecule is Cc1ccc(NC(C)(C(=O)O)c2ccc(Cl)c(Cl)c2)cc1. The Hall–Kier alpha value is -1.71. The Kier molecular flexibility index (Phi) is 4.45. The van der Waals surface area contributed by atoms with E-state index in [0.29, 0.717) is 15.6 Å². The highest BCUT2D eigenvalue weighted by Crippen LogP contribution is 2.31. The Balaban J connectivity index is 2.42. The summed E-state index contributed by atoms with van der Waals surface area (Å²) in [6, 6.07) is 12.3. The van der Waals surface area contributed by atoms with E-state index in [2.05, 4.69) is 5.32 Å².